The molecule has 1 aliphatic heterocycles. The molecule has 0 amide bonds. The van der Waals surface area contributed by atoms with Crippen LogP contribution in [0.1, 0.15) is 29.5 Å². The van der Waals surface area contributed by atoms with Crippen LogP contribution in [-0.4, -0.2) is 43.9 Å². The lowest BCUT2D eigenvalue weighted by molar-refractivity contribution is 0.0259. The second kappa shape index (κ2) is 5.27. The molecule has 9 heteroatoms. The average Bonchev–Trinajstić information content (AvgIpc) is 2.95. The number of nitrogens with one attached hydrogen (secondary N) is 1. The number of nitrogens with zero attached hydrogens (tertiary/aromatic N) is 1. The first-order valence-corrected chi connectivity index (χ1v) is 7.37. The number of primary sulfonamides is 1. The molecule has 1 atom stereocenters. The molecule has 8 nitrogen and oxygen atoms in total. The van der Waals surface area contributed by atoms with E-state index in [4.69, 9.17) is 14.6 Å². The quantitative estimate of drug-likeness (QED) is 0.724. The first kappa shape index (κ1) is 14.0. The minimum Gasteiger partial charge on any atom is -0.455 e. The molecule has 0 aromatic carbocycles. The number of nitrogens with two attached hydrogens (primary N) is 1. The molecule has 0 radical (unpaired) electrons. The Morgan fingerprint density at radius 2 is 2.37 bits per heavy atom. The summed E-state index contributed by atoms with van der Waals surface area (Å²) in [6.45, 7) is 2.55. The number of H-pyrrole nitrogens is 1. The van der Waals surface area contributed by atoms with Crippen LogP contribution in [0.4, 0.5) is 0 Å². The molecule has 1 fully saturated rings. The van der Waals surface area contributed by atoms with Crippen molar-refractivity contribution in [2.45, 2.75) is 30.8 Å². The maximum Gasteiger partial charge on any atom is 0.360 e. The van der Waals surface area contributed by atoms with Crippen LogP contribution in [0, 0.1) is 0 Å². The number of hydrogen-bond acceptors (Lipinski definition) is 6. The molecule has 19 heavy (non-hydrogen) atoms. The van der Waals surface area contributed by atoms with Crippen LogP contribution in [0.2, 0.25) is 0 Å². The average molecular weight is 289 g/mol. The van der Waals surface area contributed by atoms with E-state index in [9.17, 15) is 13.2 Å². The Morgan fingerprint density at radius 3 is 2.89 bits per heavy atom. The highest BCUT2D eigenvalue weighted by molar-refractivity contribution is 7.89. The van der Waals surface area contributed by atoms with E-state index in [1.807, 2.05) is 0 Å². The highest BCUT2D eigenvalue weighted by atomic mass is 32.2. The molecule has 0 aliphatic carbocycles. The largest absolute Gasteiger partial charge is 0.455 e. The summed E-state index contributed by atoms with van der Waals surface area (Å²) in [6, 6.07) is 0. The number of aromatic amines is 1. The molecule has 0 saturated carbocycles. The lowest BCUT2D eigenvalue weighted by Crippen LogP contribution is -2.22. The number of esters is 1. The third-order valence-electron chi connectivity index (χ3n) is 2.78. The Kier molecular flexibility index (Phi) is 3.88. The second-order valence-electron chi connectivity index (χ2n) is 4.17. The Hall–Kier alpha value is -1.45. The molecule has 106 valence electrons. The predicted octanol–water partition coefficient (Wildman–Crippen LogP) is -0.435. The smallest absolute Gasteiger partial charge is 0.360 e. The van der Waals surface area contributed by atoms with Crippen LogP contribution in [0.5, 0.6) is 0 Å². The lowest BCUT2D eigenvalue weighted by atomic mass is 10.3. The van der Waals surface area contributed by atoms with Gasteiger partial charge in [-0.2, -0.15) is 5.10 Å². The monoisotopic (exact) mass is 289 g/mol. The van der Waals surface area contributed by atoms with Crippen molar-refractivity contribution in [3.05, 3.63) is 11.4 Å². The van der Waals surface area contributed by atoms with E-state index in [1.54, 1.807) is 6.92 Å². The summed E-state index contributed by atoms with van der Waals surface area (Å²) >= 11 is 0. The predicted molar refractivity (Wildman–Crippen MR) is 64.0 cm³/mol. The summed E-state index contributed by atoms with van der Waals surface area (Å²) in [6.07, 6.45) is 0.572. The van der Waals surface area contributed by atoms with Crippen molar-refractivity contribution in [1.29, 1.82) is 0 Å². The van der Waals surface area contributed by atoms with E-state index >= 15 is 0 Å². The van der Waals surface area contributed by atoms with Gasteiger partial charge in [0.2, 0.25) is 10.0 Å². The fourth-order valence-electron chi connectivity index (χ4n) is 1.87. The van der Waals surface area contributed by atoms with Crippen molar-refractivity contribution in [1.82, 2.24) is 10.2 Å². The fourth-order valence-corrected chi connectivity index (χ4v) is 2.80. The van der Waals surface area contributed by atoms with E-state index in [0.29, 0.717) is 26.1 Å². The number of hydrogen-bond donors (Lipinski definition) is 2. The molecule has 3 N–H and O–H groups in total. The summed E-state index contributed by atoms with van der Waals surface area (Å²) in [5, 5.41) is 11.3. The summed E-state index contributed by atoms with van der Waals surface area (Å²) in [5.41, 5.74) is -0.0108. The summed E-state index contributed by atoms with van der Waals surface area (Å²) in [4.78, 5) is 11.6. The fraction of sp³-hybridized carbons (Fsp3) is 0.600. The molecule has 1 unspecified atom stereocenters. The van der Waals surface area contributed by atoms with Gasteiger partial charge in [0.15, 0.2) is 5.69 Å². The Balaban J connectivity index is 2.29. The van der Waals surface area contributed by atoms with Gasteiger partial charge in [0.1, 0.15) is 11.0 Å². The van der Waals surface area contributed by atoms with E-state index in [2.05, 4.69) is 10.2 Å². The van der Waals surface area contributed by atoms with Gasteiger partial charge < -0.3 is 9.47 Å². The highest BCUT2D eigenvalue weighted by Gasteiger charge is 2.30. The zero-order chi connectivity index (χ0) is 14.0. The molecular weight excluding hydrogens is 274 g/mol. The van der Waals surface area contributed by atoms with E-state index in [0.717, 1.165) is 0 Å². The first-order valence-electron chi connectivity index (χ1n) is 5.82. The molecule has 2 heterocycles. The van der Waals surface area contributed by atoms with Crippen molar-refractivity contribution < 1.29 is 22.7 Å². The number of ether oxygens (including phenoxy) is 2. The van der Waals surface area contributed by atoms with Gasteiger partial charge in [-0.05, 0) is 6.42 Å². The molecule has 1 aromatic rings. The van der Waals surface area contributed by atoms with Crippen LogP contribution in [0.3, 0.4) is 0 Å². The standard InChI is InChI=1S/C10H15N3O5S/c1-2-7-9(19(11,15)16)8(13-12-7)10(14)18-6-3-4-17-5-6/h6H,2-5H2,1H3,(H,12,13)(H2,11,15,16). The van der Waals surface area contributed by atoms with E-state index < -0.39 is 16.0 Å². The Bertz CT molecular complexity index is 574. The third kappa shape index (κ3) is 2.94. The third-order valence-corrected chi connectivity index (χ3v) is 3.79. The number of rotatable bonds is 4. The zero-order valence-corrected chi connectivity index (χ0v) is 11.2. The van der Waals surface area contributed by atoms with Gasteiger partial charge >= 0.3 is 5.97 Å². The first-order chi connectivity index (χ1) is 8.93. The van der Waals surface area contributed by atoms with E-state index in [-0.39, 0.29) is 22.4 Å². The molecule has 1 aromatic heterocycles. The van der Waals surface area contributed by atoms with Crippen LogP contribution in [0.15, 0.2) is 4.90 Å². The summed E-state index contributed by atoms with van der Waals surface area (Å²) < 4.78 is 33.2. The second-order valence-corrected chi connectivity index (χ2v) is 5.67. The molecule has 0 spiro atoms. The van der Waals surface area contributed by atoms with Gasteiger partial charge in [-0.25, -0.2) is 18.4 Å². The number of aryl methyl sites for hydroxylation is 1. The highest BCUT2D eigenvalue weighted by Crippen LogP contribution is 2.20. The molecular formula is C10H15N3O5S. The van der Waals surface area contributed by atoms with Gasteiger partial charge in [-0.15, -0.1) is 0 Å². The molecule has 1 aliphatic rings. The normalized spacial score (nSPS) is 19.6. The van der Waals surface area contributed by atoms with Crippen molar-refractivity contribution in [2.75, 3.05) is 13.2 Å². The van der Waals surface area contributed by atoms with Crippen molar-refractivity contribution in [3.8, 4) is 0 Å². The Labute approximate surface area is 110 Å². The molecule has 2 rings (SSSR count). The SMILES string of the molecule is CCc1[nH]nc(C(=O)OC2CCOC2)c1S(N)(=O)=O. The zero-order valence-electron chi connectivity index (χ0n) is 10.4. The van der Waals surface area contributed by atoms with Crippen LogP contribution in [0.25, 0.3) is 0 Å². The summed E-state index contributed by atoms with van der Waals surface area (Å²) in [7, 11) is -4.04. The van der Waals surface area contributed by atoms with Crippen molar-refractivity contribution in [3.63, 3.8) is 0 Å². The van der Waals surface area contributed by atoms with Gasteiger partial charge in [0.25, 0.3) is 0 Å². The Morgan fingerprint density at radius 1 is 1.63 bits per heavy atom. The van der Waals surface area contributed by atoms with Gasteiger partial charge in [-0.3, -0.25) is 5.10 Å². The van der Waals surface area contributed by atoms with Gasteiger partial charge in [0.05, 0.1) is 18.9 Å². The lowest BCUT2D eigenvalue weighted by Gasteiger charge is -2.09. The van der Waals surface area contributed by atoms with Gasteiger partial charge in [0, 0.05) is 6.42 Å². The minimum atomic E-state index is -4.04. The van der Waals surface area contributed by atoms with E-state index in [1.165, 1.54) is 0 Å². The van der Waals surface area contributed by atoms with Crippen molar-refractivity contribution in [2.24, 2.45) is 5.14 Å². The maximum atomic E-state index is 11.9. The van der Waals surface area contributed by atoms with Crippen LogP contribution < -0.4 is 5.14 Å². The van der Waals surface area contributed by atoms with Crippen molar-refractivity contribution >= 4 is 16.0 Å². The number of aromatic nitrogens is 2. The molecule has 0 bridgehead atoms. The van der Waals surface area contributed by atoms with Crippen LogP contribution >= 0.6 is 0 Å². The molecule has 1 saturated heterocycles. The van der Waals surface area contributed by atoms with Gasteiger partial charge in [-0.1, -0.05) is 6.92 Å². The number of carbonyl (C=O) groups excluding carboxylic acids is 1. The minimum absolute atomic E-state index is 0.289. The maximum absolute atomic E-state index is 11.9. The van der Waals surface area contributed by atoms with Crippen LogP contribution in [-0.2, 0) is 25.9 Å². The topological polar surface area (TPSA) is 124 Å². The number of sulfonamides is 1. The summed E-state index contributed by atoms with van der Waals surface area (Å²) in [5.74, 6) is -0.810. The number of carbonyl (C=O) groups is 1.